The summed E-state index contributed by atoms with van der Waals surface area (Å²) >= 11 is 0. The Hall–Kier alpha value is -3.95. The first-order valence-corrected chi connectivity index (χ1v) is 13.9. The average Bonchev–Trinajstić information content (AvgIpc) is 3.26. The minimum absolute atomic E-state index is 0.0953. The Morgan fingerprint density at radius 1 is 0.932 bits per heavy atom. The lowest BCUT2D eigenvalue weighted by molar-refractivity contribution is -0.289. The molecule has 5 N–H and O–H groups in total. The molecule has 4 rings (SSSR count). The summed E-state index contributed by atoms with van der Waals surface area (Å²) in [6, 6.07) is 5.81. The minimum Gasteiger partial charge on any atom is -0.493 e. The number of carbonyl (C=O) groups is 2. The van der Waals surface area contributed by atoms with Crippen molar-refractivity contribution < 1.29 is 58.4 Å². The maximum absolute atomic E-state index is 13.1. The lowest BCUT2D eigenvalue weighted by Gasteiger charge is -2.39. The highest BCUT2D eigenvalue weighted by molar-refractivity contribution is 5.85. The molecule has 14 heteroatoms. The van der Waals surface area contributed by atoms with Gasteiger partial charge < -0.3 is 54.2 Å². The molecule has 1 aliphatic carbocycles. The van der Waals surface area contributed by atoms with Gasteiger partial charge in [0.15, 0.2) is 29.6 Å². The molecule has 2 aromatic rings. The number of benzene rings is 1. The molecule has 1 heterocycles. The first kappa shape index (κ1) is 33.0. The van der Waals surface area contributed by atoms with Crippen LogP contribution < -0.4 is 29.7 Å². The Morgan fingerprint density at radius 2 is 1.64 bits per heavy atom. The summed E-state index contributed by atoms with van der Waals surface area (Å²) in [4.78, 5) is 38.7. The van der Waals surface area contributed by atoms with E-state index in [2.05, 4.69) is 5.32 Å². The maximum Gasteiger partial charge on any atom is 0.306 e. The Morgan fingerprint density at radius 3 is 2.27 bits per heavy atom. The number of methoxy groups -OCH3 is 4. The summed E-state index contributed by atoms with van der Waals surface area (Å²) in [6.07, 6.45) is -7.93. The minimum atomic E-state index is -1.79. The second-order valence-electron chi connectivity index (χ2n) is 10.3. The van der Waals surface area contributed by atoms with Crippen LogP contribution in [-0.2, 0) is 25.5 Å². The van der Waals surface area contributed by atoms with E-state index >= 15 is 0 Å². The van der Waals surface area contributed by atoms with Gasteiger partial charge in [-0.2, -0.15) is 0 Å². The van der Waals surface area contributed by atoms with Crippen molar-refractivity contribution in [3.8, 4) is 34.1 Å². The molecular formula is C30H37NO13. The average molecular weight is 620 g/mol. The van der Waals surface area contributed by atoms with Gasteiger partial charge in [-0.3, -0.25) is 14.4 Å². The topological polar surface area (TPSA) is 200 Å². The number of esters is 1. The number of carbonyl (C=O) groups excluding carboxylic acids is 2. The van der Waals surface area contributed by atoms with Crippen LogP contribution in [0, 0.1) is 0 Å². The lowest BCUT2D eigenvalue weighted by Crippen LogP contribution is -2.59. The van der Waals surface area contributed by atoms with Gasteiger partial charge in [0.2, 0.25) is 17.1 Å². The van der Waals surface area contributed by atoms with E-state index in [-0.39, 0.29) is 12.2 Å². The Bertz CT molecular complexity index is 1430. The summed E-state index contributed by atoms with van der Waals surface area (Å²) in [7, 11) is 5.87. The van der Waals surface area contributed by atoms with Crippen molar-refractivity contribution in [2.45, 2.75) is 62.4 Å². The summed E-state index contributed by atoms with van der Waals surface area (Å²) in [5.74, 6) is -0.160. The molecule has 14 nitrogen and oxygen atoms in total. The summed E-state index contributed by atoms with van der Waals surface area (Å²) in [5.41, 5.74) is 2.18. The third-order valence-corrected chi connectivity index (χ3v) is 7.72. The fraction of sp³-hybridized carbons (Fsp3) is 0.500. The fourth-order valence-corrected chi connectivity index (χ4v) is 5.52. The number of aliphatic hydroxyl groups excluding tert-OH is 4. The van der Waals surface area contributed by atoms with Crippen molar-refractivity contribution in [1.29, 1.82) is 0 Å². The van der Waals surface area contributed by atoms with E-state index in [0.29, 0.717) is 46.8 Å². The number of ether oxygens (including phenoxy) is 6. The predicted molar refractivity (Wildman–Crippen MR) is 153 cm³/mol. The van der Waals surface area contributed by atoms with E-state index in [1.54, 1.807) is 12.1 Å². The number of aliphatic hydroxyl groups is 4. The summed E-state index contributed by atoms with van der Waals surface area (Å²) in [6.45, 7) is -0.686. The van der Waals surface area contributed by atoms with Gasteiger partial charge in [-0.1, -0.05) is 6.07 Å². The van der Waals surface area contributed by atoms with Crippen molar-refractivity contribution in [2.24, 2.45) is 0 Å². The molecule has 1 amide bonds. The SMILES string of the molecule is COc1cc2c(c(OC)c1OC)-c1ccc(OC)c(=O)cc1[C@@H](NC(=O)CCC(=O)O[C@H]1[C@H](O)[C@@H](CO)OC(O)[C@@H]1O)CC2. The van der Waals surface area contributed by atoms with E-state index in [1.807, 2.05) is 6.07 Å². The lowest BCUT2D eigenvalue weighted by atomic mass is 9.95. The first-order chi connectivity index (χ1) is 21.1. The zero-order valence-corrected chi connectivity index (χ0v) is 24.8. The number of hydrogen-bond acceptors (Lipinski definition) is 13. The molecule has 0 bridgehead atoms. The Balaban J connectivity index is 1.59. The largest absolute Gasteiger partial charge is 0.493 e. The first-order valence-electron chi connectivity index (χ1n) is 13.9. The molecule has 240 valence electrons. The fourth-order valence-electron chi connectivity index (χ4n) is 5.52. The van der Waals surface area contributed by atoms with Gasteiger partial charge in [0.1, 0.15) is 18.3 Å². The molecule has 0 spiro atoms. The predicted octanol–water partition coefficient (Wildman–Crippen LogP) is -0.0250. The number of rotatable bonds is 10. The molecule has 2 aliphatic rings. The van der Waals surface area contributed by atoms with Gasteiger partial charge >= 0.3 is 5.97 Å². The van der Waals surface area contributed by atoms with Gasteiger partial charge in [-0.25, -0.2) is 0 Å². The number of fused-ring (bicyclic) bond motifs is 3. The maximum atomic E-state index is 13.1. The van der Waals surface area contributed by atoms with Gasteiger partial charge in [0.05, 0.1) is 47.5 Å². The Labute approximate surface area is 253 Å². The van der Waals surface area contributed by atoms with Crippen LogP contribution in [0.15, 0.2) is 29.1 Å². The third kappa shape index (κ3) is 6.59. The molecular weight excluding hydrogens is 582 g/mol. The smallest absolute Gasteiger partial charge is 0.306 e. The number of amides is 1. The molecule has 0 saturated carbocycles. The van der Waals surface area contributed by atoms with Gasteiger partial charge in [0, 0.05) is 12.0 Å². The zero-order valence-electron chi connectivity index (χ0n) is 24.8. The van der Waals surface area contributed by atoms with E-state index < -0.39 is 67.1 Å². The van der Waals surface area contributed by atoms with Gasteiger partial charge in [-0.05, 0) is 47.7 Å². The second-order valence-corrected chi connectivity index (χ2v) is 10.3. The third-order valence-electron chi connectivity index (χ3n) is 7.72. The normalized spacial score (nSPS) is 24.2. The van der Waals surface area contributed by atoms with Crippen LogP contribution in [0.25, 0.3) is 11.1 Å². The monoisotopic (exact) mass is 619 g/mol. The molecule has 44 heavy (non-hydrogen) atoms. The standard InChI is InChI=1S/C30H37NO13/c1-39-19-8-6-15-16(12-18(19)33)17(7-5-14-11-20(40-2)27(41-3)28(42-4)24(14)15)31-22(34)9-10-23(35)44-29-25(36)21(13-32)43-30(38)26(29)37/h6,8,11-12,17,21,25-26,29-30,32,36-38H,5,7,9-10,13H2,1-4H3,(H,31,34)/t17-,21+,25+,26+,29-,30?/m0/s1. The van der Waals surface area contributed by atoms with Crippen LogP contribution >= 0.6 is 0 Å². The molecule has 0 aromatic heterocycles. The number of nitrogens with one attached hydrogen (secondary N) is 1. The zero-order chi connectivity index (χ0) is 32.1. The van der Waals surface area contributed by atoms with Crippen molar-refractivity contribution in [2.75, 3.05) is 35.0 Å². The van der Waals surface area contributed by atoms with Crippen LogP contribution in [0.4, 0.5) is 0 Å². The molecule has 1 aliphatic heterocycles. The van der Waals surface area contributed by atoms with E-state index in [9.17, 15) is 34.8 Å². The number of hydrogen-bond donors (Lipinski definition) is 5. The van der Waals surface area contributed by atoms with E-state index in [1.165, 1.54) is 34.5 Å². The molecule has 1 unspecified atom stereocenters. The van der Waals surface area contributed by atoms with Gasteiger partial charge in [-0.15, -0.1) is 0 Å². The molecule has 1 saturated heterocycles. The van der Waals surface area contributed by atoms with Crippen LogP contribution in [-0.4, -0.2) is 98.1 Å². The van der Waals surface area contributed by atoms with Crippen molar-refractivity contribution in [3.05, 3.63) is 45.6 Å². The van der Waals surface area contributed by atoms with E-state index in [0.717, 1.165) is 5.56 Å². The highest BCUT2D eigenvalue weighted by Crippen LogP contribution is 2.50. The van der Waals surface area contributed by atoms with Crippen molar-refractivity contribution in [1.82, 2.24) is 5.32 Å². The van der Waals surface area contributed by atoms with Crippen LogP contribution in [0.2, 0.25) is 0 Å². The van der Waals surface area contributed by atoms with Crippen molar-refractivity contribution >= 4 is 11.9 Å². The molecule has 1 fully saturated rings. The highest BCUT2D eigenvalue weighted by atomic mass is 16.7. The van der Waals surface area contributed by atoms with Crippen molar-refractivity contribution in [3.63, 3.8) is 0 Å². The Kier molecular flexibility index (Phi) is 10.7. The molecule has 6 atom stereocenters. The van der Waals surface area contributed by atoms with E-state index in [4.69, 9.17) is 28.4 Å². The van der Waals surface area contributed by atoms with Crippen LogP contribution in [0.5, 0.6) is 23.0 Å². The van der Waals surface area contributed by atoms with Crippen LogP contribution in [0.3, 0.4) is 0 Å². The highest BCUT2D eigenvalue weighted by Gasteiger charge is 2.46. The molecule has 0 radical (unpaired) electrons. The van der Waals surface area contributed by atoms with Gasteiger partial charge in [0.25, 0.3) is 0 Å². The summed E-state index contributed by atoms with van der Waals surface area (Å²) < 4.78 is 32.2. The summed E-state index contributed by atoms with van der Waals surface area (Å²) in [5, 5.41) is 42.4. The second kappa shape index (κ2) is 14.2. The van der Waals surface area contributed by atoms with Crippen LogP contribution in [0.1, 0.15) is 36.4 Å². The number of aryl methyl sites for hydroxylation is 1. The molecule has 2 aromatic carbocycles. The quantitative estimate of drug-likeness (QED) is 0.222.